The molecule has 1 aromatic rings. The van der Waals surface area contributed by atoms with Crippen LogP contribution in [0, 0.1) is 11.3 Å². The lowest BCUT2D eigenvalue weighted by atomic mass is 10.4. The highest BCUT2D eigenvalue weighted by molar-refractivity contribution is 7.89. The summed E-state index contributed by atoms with van der Waals surface area (Å²) in [5.74, 6) is 0. The van der Waals surface area contributed by atoms with E-state index in [-0.39, 0.29) is 31.1 Å². The minimum atomic E-state index is -3.62. The van der Waals surface area contributed by atoms with Gasteiger partial charge in [-0.3, -0.25) is 0 Å². The zero-order valence-electron chi connectivity index (χ0n) is 9.46. The minimum absolute atomic E-state index is 0.0199. The molecule has 7 nitrogen and oxygen atoms in total. The predicted molar refractivity (Wildman–Crippen MR) is 59.5 cm³/mol. The summed E-state index contributed by atoms with van der Waals surface area (Å²) in [4.78, 5) is 6.22. The van der Waals surface area contributed by atoms with Gasteiger partial charge in [0.2, 0.25) is 0 Å². The molecular formula is C9H14N4O3S. The molecular weight excluding hydrogens is 244 g/mol. The second kappa shape index (κ2) is 6.34. The van der Waals surface area contributed by atoms with Crippen molar-refractivity contribution in [2.45, 2.75) is 11.4 Å². The molecule has 0 atom stereocenters. The van der Waals surface area contributed by atoms with E-state index < -0.39 is 10.0 Å². The lowest BCUT2D eigenvalue weighted by Crippen LogP contribution is -2.34. The van der Waals surface area contributed by atoms with Crippen molar-refractivity contribution < 1.29 is 13.2 Å². The Morgan fingerprint density at radius 2 is 2.35 bits per heavy atom. The van der Waals surface area contributed by atoms with Crippen molar-refractivity contribution in [2.75, 3.05) is 26.8 Å². The second-order valence-electron chi connectivity index (χ2n) is 3.22. The summed E-state index contributed by atoms with van der Waals surface area (Å²) in [7, 11) is -2.13. The number of aromatic nitrogens is 2. The van der Waals surface area contributed by atoms with E-state index in [0.29, 0.717) is 0 Å². The summed E-state index contributed by atoms with van der Waals surface area (Å²) in [6, 6.07) is 1.92. The molecule has 0 saturated heterocycles. The van der Waals surface area contributed by atoms with Crippen LogP contribution in [0.2, 0.25) is 0 Å². The standard InChI is InChI=1S/C9H14N4O3S/c1-16-6-5-13(4-2-3-10)17(14,15)9-7-11-8-12-9/h7-8H,2,4-6H2,1H3,(H,11,12). The maximum absolute atomic E-state index is 12.1. The number of imidazole rings is 1. The van der Waals surface area contributed by atoms with Crippen LogP contribution in [0.1, 0.15) is 6.42 Å². The van der Waals surface area contributed by atoms with Gasteiger partial charge in [0, 0.05) is 26.6 Å². The average molecular weight is 258 g/mol. The Balaban J connectivity index is 2.85. The Bertz CT molecular complexity index is 463. The largest absolute Gasteiger partial charge is 0.383 e. The Labute approximate surface area is 100 Å². The molecule has 0 amide bonds. The summed E-state index contributed by atoms with van der Waals surface area (Å²) in [6.45, 7) is 0.625. The highest BCUT2D eigenvalue weighted by atomic mass is 32.2. The number of nitrogens with zero attached hydrogens (tertiary/aromatic N) is 3. The fourth-order valence-corrected chi connectivity index (χ4v) is 2.56. The van der Waals surface area contributed by atoms with Gasteiger partial charge in [-0.05, 0) is 0 Å². The van der Waals surface area contributed by atoms with Gasteiger partial charge in [-0.15, -0.1) is 0 Å². The summed E-state index contributed by atoms with van der Waals surface area (Å²) >= 11 is 0. The number of aromatic amines is 1. The Morgan fingerprint density at radius 1 is 1.59 bits per heavy atom. The smallest absolute Gasteiger partial charge is 0.260 e. The number of nitrogens with one attached hydrogen (secondary N) is 1. The molecule has 0 aliphatic rings. The molecule has 0 spiro atoms. The first kappa shape index (κ1) is 13.6. The third-order valence-electron chi connectivity index (χ3n) is 2.11. The number of rotatable bonds is 7. The monoisotopic (exact) mass is 258 g/mol. The summed E-state index contributed by atoms with van der Waals surface area (Å²) in [5, 5.41) is 8.53. The summed E-state index contributed by atoms with van der Waals surface area (Å²) < 4.78 is 30.2. The van der Waals surface area contributed by atoms with Gasteiger partial charge in [0.1, 0.15) is 0 Å². The minimum Gasteiger partial charge on any atom is -0.383 e. The van der Waals surface area contributed by atoms with Gasteiger partial charge in [0.15, 0.2) is 5.03 Å². The topological polar surface area (TPSA) is 99.1 Å². The zero-order chi connectivity index (χ0) is 12.7. The third kappa shape index (κ3) is 3.52. The summed E-state index contributed by atoms with van der Waals surface area (Å²) in [5.41, 5.74) is 0. The van der Waals surface area contributed by atoms with E-state index >= 15 is 0 Å². The van der Waals surface area contributed by atoms with Crippen LogP contribution in [-0.4, -0.2) is 49.5 Å². The molecule has 1 aromatic heterocycles. The first-order valence-corrected chi connectivity index (χ1v) is 6.41. The van der Waals surface area contributed by atoms with Crippen molar-refractivity contribution in [1.29, 1.82) is 5.26 Å². The van der Waals surface area contributed by atoms with Crippen LogP contribution >= 0.6 is 0 Å². The molecule has 0 saturated carbocycles. The van der Waals surface area contributed by atoms with E-state index in [1.165, 1.54) is 23.9 Å². The molecule has 0 bridgehead atoms. The SMILES string of the molecule is COCCN(CCC#N)S(=O)(=O)c1cnc[nH]1. The molecule has 1 N–H and O–H groups in total. The Kier molecular flexibility index (Phi) is 5.09. The molecule has 0 aliphatic carbocycles. The van der Waals surface area contributed by atoms with Crippen molar-refractivity contribution >= 4 is 10.0 Å². The first-order chi connectivity index (χ1) is 8.12. The maximum atomic E-state index is 12.1. The summed E-state index contributed by atoms with van der Waals surface area (Å²) in [6.07, 6.45) is 2.67. The van der Waals surface area contributed by atoms with E-state index in [1.54, 1.807) is 0 Å². The van der Waals surface area contributed by atoms with E-state index in [1.807, 2.05) is 6.07 Å². The fourth-order valence-electron chi connectivity index (χ4n) is 1.24. The van der Waals surface area contributed by atoms with Gasteiger partial charge in [0.25, 0.3) is 10.0 Å². The van der Waals surface area contributed by atoms with Crippen LogP contribution in [0.5, 0.6) is 0 Å². The van der Waals surface area contributed by atoms with Crippen LogP contribution in [0.25, 0.3) is 0 Å². The van der Waals surface area contributed by atoms with E-state index in [2.05, 4.69) is 9.97 Å². The molecule has 17 heavy (non-hydrogen) atoms. The quantitative estimate of drug-likeness (QED) is 0.739. The van der Waals surface area contributed by atoms with E-state index in [0.717, 1.165) is 0 Å². The highest BCUT2D eigenvalue weighted by Crippen LogP contribution is 2.12. The zero-order valence-corrected chi connectivity index (χ0v) is 10.3. The molecule has 0 aliphatic heterocycles. The van der Waals surface area contributed by atoms with Crippen LogP contribution in [0.3, 0.4) is 0 Å². The third-order valence-corrected chi connectivity index (χ3v) is 3.93. The Hall–Kier alpha value is -1.43. The molecule has 0 radical (unpaired) electrons. The number of hydrogen-bond donors (Lipinski definition) is 1. The van der Waals surface area contributed by atoms with Crippen LogP contribution in [-0.2, 0) is 14.8 Å². The maximum Gasteiger partial charge on any atom is 0.260 e. The van der Waals surface area contributed by atoms with Crippen LogP contribution in [0.4, 0.5) is 0 Å². The molecule has 0 unspecified atom stereocenters. The molecule has 8 heteroatoms. The molecule has 1 rings (SSSR count). The number of methoxy groups -OCH3 is 1. The molecule has 0 aromatic carbocycles. The molecule has 1 heterocycles. The van der Waals surface area contributed by atoms with Gasteiger partial charge in [0.05, 0.1) is 25.2 Å². The molecule has 94 valence electrons. The lowest BCUT2D eigenvalue weighted by Gasteiger charge is -2.19. The number of H-pyrrole nitrogens is 1. The predicted octanol–water partition coefficient (Wildman–Crippen LogP) is -0.0395. The van der Waals surface area contributed by atoms with Crippen LogP contribution < -0.4 is 0 Å². The fraction of sp³-hybridized carbons (Fsp3) is 0.556. The van der Waals surface area contributed by atoms with Crippen LogP contribution in [0.15, 0.2) is 17.6 Å². The van der Waals surface area contributed by atoms with Gasteiger partial charge in [-0.1, -0.05) is 0 Å². The first-order valence-electron chi connectivity index (χ1n) is 4.97. The Morgan fingerprint density at radius 3 is 2.88 bits per heavy atom. The van der Waals surface area contributed by atoms with E-state index in [9.17, 15) is 8.42 Å². The van der Waals surface area contributed by atoms with Crippen molar-refractivity contribution in [1.82, 2.24) is 14.3 Å². The number of nitriles is 1. The van der Waals surface area contributed by atoms with Crippen molar-refractivity contribution in [3.05, 3.63) is 12.5 Å². The van der Waals surface area contributed by atoms with Gasteiger partial charge >= 0.3 is 0 Å². The van der Waals surface area contributed by atoms with Crippen molar-refractivity contribution in [3.8, 4) is 6.07 Å². The van der Waals surface area contributed by atoms with Gasteiger partial charge in [-0.2, -0.15) is 9.57 Å². The van der Waals surface area contributed by atoms with E-state index in [4.69, 9.17) is 10.00 Å². The number of hydrogen-bond acceptors (Lipinski definition) is 5. The van der Waals surface area contributed by atoms with Gasteiger partial charge in [-0.25, -0.2) is 13.4 Å². The highest BCUT2D eigenvalue weighted by Gasteiger charge is 2.24. The number of sulfonamides is 1. The average Bonchev–Trinajstić information content (AvgIpc) is 2.83. The van der Waals surface area contributed by atoms with Crippen molar-refractivity contribution in [3.63, 3.8) is 0 Å². The number of ether oxygens (including phenoxy) is 1. The van der Waals surface area contributed by atoms with Crippen molar-refractivity contribution in [2.24, 2.45) is 0 Å². The molecule has 0 fully saturated rings. The second-order valence-corrected chi connectivity index (χ2v) is 5.13. The lowest BCUT2D eigenvalue weighted by molar-refractivity contribution is 0.179. The van der Waals surface area contributed by atoms with Gasteiger partial charge < -0.3 is 9.72 Å². The normalized spacial score (nSPS) is 11.6.